The van der Waals surface area contributed by atoms with E-state index in [9.17, 15) is 13.2 Å². The van der Waals surface area contributed by atoms with Crippen LogP contribution in [0.3, 0.4) is 0 Å². The fourth-order valence-corrected chi connectivity index (χ4v) is 3.36. The molecule has 1 amide bonds. The second-order valence-electron chi connectivity index (χ2n) is 3.67. The van der Waals surface area contributed by atoms with Crippen LogP contribution in [0.2, 0.25) is 5.02 Å². The van der Waals surface area contributed by atoms with E-state index in [4.69, 9.17) is 11.6 Å². The van der Waals surface area contributed by atoms with Gasteiger partial charge in [0, 0.05) is 6.92 Å². The number of hydrogen-bond donors (Lipinski definition) is 2. The zero-order chi connectivity index (χ0) is 14.8. The van der Waals surface area contributed by atoms with Crippen molar-refractivity contribution >= 4 is 49.7 Å². The summed E-state index contributed by atoms with van der Waals surface area (Å²) in [5, 5.41) is 9.90. The summed E-state index contributed by atoms with van der Waals surface area (Å²) < 4.78 is 26.4. The summed E-state index contributed by atoms with van der Waals surface area (Å²) in [5.74, 6) is -0.297. The Morgan fingerprint density at radius 2 is 2.15 bits per heavy atom. The molecule has 0 aliphatic rings. The molecule has 0 aliphatic heterocycles. The maximum atomic E-state index is 12.1. The number of carbonyl (C=O) groups is 1. The zero-order valence-electron chi connectivity index (χ0n) is 10.1. The summed E-state index contributed by atoms with van der Waals surface area (Å²) in [7, 11) is -3.79. The number of hydrogen-bond acceptors (Lipinski definition) is 6. The highest BCUT2D eigenvalue weighted by atomic mass is 35.5. The van der Waals surface area contributed by atoms with Gasteiger partial charge in [0.1, 0.15) is 5.51 Å². The molecule has 0 fully saturated rings. The van der Waals surface area contributed by atoms with Crippen LogP contribution >= 0.6 is 22.9 Å². The third-order valence-electron chi connectivity index (χ3n) is 2.14. The van der Waals surface area contributed by atoms with Crippen molar-refractivity contribution in [1.29, 1.82) is 0 Å². The van der Waals surface area contributed by atoms with Gasteiger partial charge < -0.3 is 5.32 Å². The molecule has 1 aromatic heterocycles. The Morgan fingerprint density at radius 1 is 1.40 bits per heavy atom. The first-order valence-corrected chi connectivity index (χ1v) is 7.99. The largest absolute Gasteiger partial charge is 0.325 e. The number of sulfonamides is 1. The molecular weight excluding hydrogens is 324 g/mol. The number of nitrogens with zero attached hydrogens (tertiary/aromatic N) is 2. The highest BCUT2D eigenvalue weighted by Crippen LogP contribution is 2.26. The molecule has 10 heteroatoms. The van der Waals surface area contributed by atoms with Crippen LogP contribution in [0.1, 0.15) is 6.92 Å². The lowest BCUT2D eigenvalue weighted by Crippen LogP contribution is -2.13. The molecule has 2 aromatic rings. The van der Waals surface area contributed by atoms with Gasteiger partial charge in [-0.05, 0) is 18.2 Å². The molecule has 0 spiro atoms. The quantitative estimate of drug-likeness (QED) is 0.891. The highest BCUT2D eigenvalue weighted by Gasteiger charge is 2.17. The number of aromatic nitrogens is 2. The van der Waals surface area contributed by atoms with Crippen molar-refractivity contribution in [3.63, 3.8) is 0 Å². The maximum absolute atomic E-state index is 12.1. The SMILES string of the molecule is CC(=O)Nc1ccc(S(=O)(=O)Nc2nncs2)cc1Cl. The van der Waals surface area contributed by atoms with Gasteiger partial charge in [0.15, 0.2) is 0 Å². The summed E-state index contributed by atoms with van der Waals surface area (Å²) in [6.45, 7) is 1.33. The lowest BCUT2D eigenvalue weighted by atomic mass is 10.3. The Morgan fingerprint density at radius 3 is 2.70 bits per heavy atom. The van der Waals surface area contributed by atoms with Crippen LogP contribution in [-0.4, -0.2) is 24.5 Å². The van der Waals surface area contributed by atoms with Crippen LogP contribution < -0.4 is 10.0 Å². The van der Waals surface area contributed by atoms with E-state index in [0.29, 0.717) is 5.69 Å². The molecule has 1 aromatic carbocycles. The first-order chi connectivity index (χ1) is 9.38. The van der Waals surface area contributed by atoms with Crippen LogP contribution in [-0.2, 0) is 14.8 Å². The standard InChI is InChI=1S/C10H9ClN4O3S2/c1-6(16)13-9-3-2-7(4-8(9)11)20(17,18)15-10-14-12-5-19-10/h2-5H,1H3,(H,13,16)(H,14,15). The number of halogens is 1. The Balaban J connectivity index is 2.29. The Kier molecular flexibility index (Phi) is 4.21. The zero-order valence-corrected chi connectivity index (χ0v) is 12.5. The molecule has 0 radical (unpaired) electrons. The minimum Gasteiger partial charge on any atom is -0.325 e. The smallest absolute Gasteiger partial charge is 0.263 e. The van der Waals surface area contributed by atoms with E-state index < -0.39 is 10.0 Å². The molecule has 7 nitrogen and oxygen atoms in total. The van der Waals surface area contributed by atoms with Crippen LogP contribution in [0.15, 0.2) is 28.6 Å². The molecule has 0 unspecified atom stereocenters. The molecule has 0 atom stereocenters. The molecule has 20 heavy (non-hydrogen) atoms. The van der Waals surface area contributed by atoms with Gasteiger partial charge in [-0.3, -0.25) is 9.52 Å². The van der Waals surface area contributed by atoms with E-state index in [1.165, 1.54) is 30.6 Å². The van der Waals surface area contributed by atoms with Gasteiger partial charge in [-0.15, -0.1) is 10.2 Å². The molecule has 106 valence electrons. The predicted molar refractivity (Wildman–Crippen MR) is 76.5 cm³/mol. The number of nitrogens with one attached hydrogen (secondary N) is 2. The van der Waals surface area contributed by atoms with Crippen molar-refractivity contribution in [1.82, 2.24) is 10.2 Å². The molecule has 0 bridgehead atoms. The van der Waals surface area contributed by atoms with Crippen LogP contribution in [0, 0.1) is 0 Å². The second-order valence-corrected chi connectivity index (χ2v) is 6.60. The highest BCUT2D eigenvalue weighted by molar-refractivity contribution is 7.93. The summed E-state index contributed by atoms with van der Waals surface area (Å²) in [4.78, 5) is 10.9. The molecule has 2 N–H and O–H groups in total. The van der Waals surface area contributed by atoms with Crippen LogP contribution in [0.4, 0.5) is 10.8 Å². The fourth-order valence-electron chi connectivity index (χ4n) is 1.35. The first kappa shape index (κ1) is 14.7. The lowest BCUT2D eigenvalue weighted by molar-refractivity contribution is -0.114. The third kappa shape index (κ3) is 3.44. The number of amides is 1. The van der Waals surface area contributed by atoms with E-state index in [1.54, 1.807) is 0 Å². The van der Waals surface area contributed by atoms with Gasteiger partial charge in [0.05, 0.1) is 15.6 Å². The average molecular weight is 333 g/mol. The van der Waals surface area contributed by atoms with E-state index in [-0.39, 0.29) is 21.0 Å². The Hall–Kier alpha value is -1.71. The Bertz CT molecular complexity index is 731. The summed E-state index contributed by atoms with van der Waals surface area (Å²) in [6.07, 6.45) is 0. The van der Waals surface area contributed by atoms with Gasteiger partial charge in [0.25, 0.3) is 10.0 Å². The van der Waals surface area contributed by atoms with Gasteiger partial charge in [0.2, 0.25) is 11.0 Å². The van der Waals surface area contributed by atoms with E-state index in [1.807, 2.05) is 0 Å². The minimum atomic E-state index is -3.79. The monoisotopic (exact) mass is 332 g/mol. The van der Waals surface area contributed by atoms with Crippen molar-refractivity contribution in [3.8, 4) is 0 Å². The number of anilines is 2. The van der Waals surface area contributed by atoms with Gasteiger partial charge in [-0.1, -0.05) is 22.9 Å². The van der Waals surface area contributed by atoms with E-state index in [2.05, 4.69) is 20.2 Å². The van der Waals surface area contributed by atoms with Crippen molar-refractivity contribution in [2.75, 3.05) is 10.0 Å². The lowest BCUT2D eigenvalue weighted by Gasteiger charge is -2.08. The molecule has 1 heterocycles. The molecular formula is C10H9ClN4O3S2. The maximum Gasteiger partial charge on any atom is 0.263 e. The number of rotatable bonds is 4. The molecule has 0 aliphatic carbocycles. The van der Waals surface area contributed by atoms with Crippen molar-refractivity contribution in [2.45, 2.75) is 11.8 Å². The fraction of sp³-hybridized carbons (Fsp3) is 0.100. The van der Waals surface area contributed by atoms with E-state index >= 15 is 0 Å². The summed E-state index contributed by atoms with van der Waals surface area (Å²) >= 11 is 6.99. The summed E-state index contributed by atoms with van der Waals surface area (Å²) in [6, 6.07) is 4.00. The van der Waals surface area contributed by atoms with Crippen molar-refractivity contribution < 1.29 is 13.2 Å². The first-order valence-electron chi connectivity index (χ1n) is 5.24. The molecule has 0 saturated heterocycles. The third-order valence-corrected chi connectivity index (χ3v) is 4.53. The number of benzene rings is 1. The normalized spacial score (nSPS) is 11.1. The molecule has 2 rings (SSSR count). The Labute approximate surface area is 124 Å². The van der Waals surface area contributed by atoms with Crippen LogP contribution in [0.5, 0.6) is 0 Å². The van der Waals surface area contributed by atoms with Crippen molar-refractivity contribution in [3.05, 3.63) is 28.7 Å². The number of carbonyl (C=O) groups excluding carboxylic acids is 1. The predicted octanol–water partition coefficient (Wildman–Crippen LogP) is 1.95. The van der Waals surface area contributed by atoms with E-state index in [0.717, 1.165) is 11.3 Å². The topological polar surface area (TPSA) is 101 Å². The van der Waals surface area contributed by atoms with Crippen LogP contribution in [0.25, 0.3) is 0 Å². The molecule has 0 saturated carbocycles. The van der Waals surface area contributed by atoms with Crippen molar-refractivity contribution in [2.24, 2.45) is 0 Å². The average Bonchev–Trinajstić information content (AvgIpc) is 2.83. The minimum absolute atomic E-state index is 0.0354. The van der Waals surface area contributed by atoms with Gasteiger partial charge in [-0.25, -0.2) is 8.42 Å². The van der Waals surface area contributed by atoms with Gasteiger partial charge in [-0.2, -0.15) is 0 Å². The second kappa shape index (κ2) is 5.73. The summed E-state index contributed by atoms with van der Waals surface area (Å²) in [5.41, 5.74) is 1.75. The van der Waals surface area contributed by atoms with Gasteiger partial charge >= 0.3 is 0 Å².